The average molecular weight is 318 g/mol. The third-order valence-electron chi connectivity index (χ3n) is 4.71. The number of nitrogens with zero attached hydrogens (tertiary/aromatic N) is 1. The molecule has 1 aromatic rings. The Balaban J connectivity index is 2.02. The lowest BCUT2D eigenvalue weighted by atomic mass is 9.84. The van der Waals surface area contributed by atoms with Gasteiger partial charge in [0.05, 0.1) is 13.0 Å². The topological polar surface area (TPSA) is 41.6 Å². The Bertz CT molecular complexity index is 479. The van der Waals surface area contributed by atoms with Crippen molar-refractivity contribution in [2.24, 2.45) is 5.92 Å². The van der Waals surface area contributed by atoms with Gasteiger partial charge in [-0.3, -0.25) is 4.79 Å². The Morgan fingerprint density at radius 1 is 1.26 bits per heavy atom. The van der Waals surface area contributed by atoms with Gasteiger partial charge in [0.2, 0.25) is 5.91 Å². The van der Waals surface area contributed by atoms with E-state index in [-0.39, 0.29) is 11.8 Å². The molecule has 0 heterocycles. The first kappa shape index (κ1) is 17.8. The first-order valence-electron chi connectivity index (χ1n) is 8.68. The molecule has 0 aliphatic heterocycles. The first-order valence-corrected chi connectivity index (χ1v) is 8.68. The first-order chi connectivity index (χ1) is 11.1. The molecule has 4 heteroatoms. The molecule has 0 aromatic heterocycles. The third kappa shape index (κ3) is 5.24. The van der Waals surface area contributed by atoms with Crippen molar-refractivity contribution in [2.75, 3.05) is 34.3 Å². The van der Waals surface area contributed by atoms with Crippen LogP contribution < -0.4 is 10.1 Å². The van der Waals surface area contributed by atoms with Crippen LogP contribution in [0.4, 0.5) is 0 Å². The van der Waals surface area contributed by atoms with Crippen LogP contribution in [0.25, 0.3) is 0 Å². The van der Waals surface area contributed by atoms with Gasteiger partial charge in [-0.05, 0) is 63.5 Å². The van der Waals surface area contributed by atoms with Crippen molar-refractivity contribution in [2.45, 2.75) is 38.0 Å². The Labute approximate surface area is 140 Å². The van der Waals surface area contributed by atoms with Gasteiger partial charge in [-0.1, -0.05) is 25.0 Å². The van der Waals surface area contributed by atoms with Gasteiger partial charge in [0.1, 0.15) is 5.75 Å². The lowest BCUT2D eigenvalue weighted by molar-refractivity contribution is -0.123. The highest BCUT2D eigenvalue weighted by atomic mass is 16.5. The van der Waals surface area contributed by atoms with E-state index in [2.05, 4.69) is 24.3 Å². The van der Waals surface area contributed by atoms with Gasteiger partial charge in [0, 0.05) is 6.54 Å². The third-order valence-corrected chi connectivity index (χ3v) is 4.71. The lowest BCUT2D eigenvalue weighted by Crippen LogP contribution is -2.34. The summed E-state index contributed by atoms with van der Waals surface area (Å²) in [6.45, 7) is 1.74. The van der Waals surface area contributed by atoms with E-state index in [0.29, 0.717) is 5.92 Å². The molecule has 1 saturated carbocycles. The van der Waals surface area contributed by atoms with Crippen LogP contribution in [-0.4, -0.2) is 45.1 Å². The fraction of sp³-hybridized carbons (Fsp3) is 0.632. The summed E-state index contributed by atoms with van der Waals surface area (Å²) in [6.07, 6.45) is 5.78. The summed E-state index contributed by atoms with van der Waals surface area (Å²) in [4.78, 5) is 14.9. The minimum absolute atomic E-state index is 0.0252. The summed E-state index contributed by atoms with van der Waals surface area (Å²) >= 11 is 0. The van der Waals surface area contributed by atoms with E-state index in [4.69, 9.17) is 4.74 Å². The van der Waals surface area contributed by atoms with Gasteiger partial charge in [0.25, 0.3) is 0 Å². The number of ether oxygens (including phenoxy) is 1. The van der Waals surface area contributed by atoms with Crippen LogP contribution in [0.5, 0.6) is 5.75 Å². The molecule has 23 heavy (non-hydrogen) atoms. The number of carbonyl (C=O) groups excluding carboxylic acids is 1. The molecule has 0 radical (unpaired) electrons. The van der Waals surface area contributed by atoms with Crippen molar-refractivity contribution in [3.05, 3.63) is 29.8 Å². The zero-order valence-electron chi connectivity index (χ0n) is 14.7. The number of rotatable bonds is 8. The summed E-state index contributed by atoms with van der Waals surface area (Å²) in [5.74, 6) is 1.46. The summed E-state index contributed by atoms with van der Waals surface area (Å²) in [6, 6.07) is 8.00. The predicted molar refractivity (Wildman–Crippen MR) is 93.9 cm³/mol. The zero-order valence-corrected chi connectivity index (χ0v) is 14.7. The highest BCUT2D eigenvalue weighted by Crippen LogP contribution is 2.37. The maximum Gasteiger partial charge on any atom is 0.227 e. The average Bonchev–Trinajstić information content (AvgIpc) is 3.06. The number of carbonyl (C=O) groups is 1. The number of nitrogens with one attached hydrogen (secondary N) is 1. The molecule has 1 aliphatic carbocycles. The molecule has 4 nitrogen and oxygen atoms in total. The lowest BCUT2D eigenvalue weighted by Gasteiger charge is -2.23. The fourth-order valence-corrected chi connectivity index (χ4v) is 3.46. The van der Waals surface area contributed by atoms with Crippen molar-refractivity contribution < 1.29 is 9.53 Å². The Hall–Kier alpha value is -1.55. The number of benzene rings is 1. The minimum atomic E-state index is -0.0252. The maximum atomic E-state index is 12.8. The van der Waals surface area contributed by atoms with Crippen molar-refractivity contribution in [3.63, 3.8) is 0 Å². The summed E-state index contributed by atoms with van der Waals surface area (Å²) in [5, 5.41) is 3.15. The standard InChI is InChI=1S/C19H30N2O2/c1-21(2)14-6-13-20-19(22)18(15-7-4-5-8-15)16-9-11-17(23-3)12-10-16/h9-12,15,18H,4-8,13-14H2,1-3H3,(H,20,22). The van der Waals surface area contributed by atoms with Gasteiger partial charge in [-0.25, -0.2) is 0 Å². The van der Waals surface area contributed by atoms with E-state index in [0.717, 1.165) is 43.7 Å². The smallest absolute Gasteiger partial charge is 0.227 e. The van der Waals surface area contributed by atoms with Gasteiger partial charge in [0.15, 0.2) is 0 Å². The van der Waals surface area contributed by atoms with Crippen LogP contribution in [0.3, 0.4) is 0 Å². The fourth-order valence-electron chi connectivity index (χ4n) is 3.46. The Morgan fingerprint density at radius 3 is 2.48 bits per heavy atom. The molecular weight excluding hydrogens is 288 g/mol. The highest BCUT2D eigenvalue weighted by molar-refractivity contribution is 5.84. The molecule has 1 amide bonds. The molecule has 0 bridgehead atoms. The zero-order chi connectivity index (χ0) is 16.7. The number of amides is 1. The van der Waals surface area contributed by atoms with Gasteiger partial charge >= 0.3 is 0 Å². The molecular formula is C19H30N2O2. The van der Waals surface area contributed by atoms with Crippen molar-refractivity contribution >= 4 is 5.91 Å². The SMILES string of the molecule is COc1ccc(C(C(=O)NCCCN(C)C)C2CCCC2)cc1. The maximum absolute atomic E-state index is 12.8. The molecule has 0 spiro atoms. The largest absolute Gasteiger partial charge is 0.497 e. The predicted octanol–water partition coefficient (Wildman–Crippen LogP) is 3.04. The van der Waals surface area contributed by atoms with Crippen molar-refractivity contribution in [1.82, 2.24) is 10.2 Å². The van der Waals surface area contributed by atoms with E-state index in [9.17, 15) is 4.79 Å². The summed E-state index contributed by atoms with van der Waals surface area (Å²) < 4.78 is 5.23. The molecule has 128 valence electrons. The van der Waals surface area contributed by atoms with Gasteiger partial charge in [-0.15, -0.1) is 0 Å². The van der Waals surface area contributed by atoms with E-state index >= 15 is 0 Å². The number of methoxy groups -OCH3 is 1. The van der Waals surface area contributed by atoms with Crippen molar-refractivity contribution in [1.29, 1.82) is 0 Å². The highest BCUT2D eigenvalue weighted by Gasteiger charge is 2.31. The molecule has 2 rings (SSSR count). The molecule has 1 aliphatic rings. The Kier molecular flexibility index (Phi) is 6.90. The molecule has 1 atom stereocenters. The summed E-state index contributed by atoms with van der Waals surface area (Å²) in [7, 11) is 5.78. The van der Waals surface area contributed by atoms with E-state index in [1.165, 1.54) is 12.8 Å². The molecule has 1 unspecified atom stereocenters. The molecule has 1 N–H and O–H groups in total. The second kappa shape index (κ2) is 8.92. The second-order valence-electron chi connectivity index (χ2n) is 6.74. The van der Waals surface area contributed by atoms with Crippen LogP contribution in [0.2, 0.25) is 0 Å². The van der Waals surface area contributed by atoms with Crippen LogP contribution in [0.15, 0.2) is 24.3 Å². The van der Waals surface area contributed by atoms with Crippen molar-refractivity contribution in [3.8, 4) is 5.75 Å². The van der Waals surface area contributed by atoms with E-state index in [1.807, 2.05) is 24.3 Å². The van der Waals surface area contributed by atoms with Crippen LogP contribution in [0, 0.1) is 5.92 Å². The van der Waals surface area contributed by atoms with Crippen LogP contribution >= 0.6 is 0 Å². The van der Waals surface area contributed by atoms with Gasteiger partial charge in [-0.2, -0.15) is 0 Å². The monoisotopic (exact) mass is 318 g/mol. The number of hydrogen-bond donors (Lipinski definition) is 1. The molecule has 0 saturated heterocycles. The second-order valence-corrected chi connectivity index (χ2v) is 6.74. The molecule has 1 fully saturated rings. The quantitative estimate of drug-likeness (QED) is 0.749. The number of hydrogen-bond acceptors (Lipinski definition) is 3. The van der Waals surface area contributed by atoms with Gasteiger partial charge < -0.3 is 15.0 Å². The molecule has 1 aromatic carbocycles. The summed E-state index contributed by atoms with van der Waals surface area (Å²) in [5.41, 5.74) is 1.11. The van der Waals surface area contributed by atoms with E-state index in [1.54, 1.807) is 7.11 Å². The van der Waals surface area contributed by atoms with Crippen LogP contribution in [-0.2, 0) is 4.79 Å². The minimum Gasteiger partial charge on any atom is -0.497 e. The van der Waals surface area contributed by atoms with Crippen LogP contribution in [0.1, 0.15) is 43.6 Å². The Morgan fingerprint density at radius 2 is 1.91 bits per heavy atom. The normalized spacial score (nSPS) is 16.5. The van der Waals surface area contributed by atoms with E-state index < -0.39 is 0 Å².